The minimum absolute atomic E-state index is 0.161. The van der Waals surface area contributed by atoms with Crippen LogP contribution in [0.3, 0.4) is 0 Å². The van der Waals surface area contributed by atoms with E-state index in [1.807, 2.05) is 18.2 Å². The van der Waals surface area contributed by atoms with Crippen LogP contribution in [0.15, 0.2) is 60.9 Å². The fourth-order valence-corrected chi connectivity index (χ4v) is 2.23. The van der Waals surface area contributed by atoms with Crippen LogP contribution in [0.2, 0.25) is 0 Å². The second kappa shape index (κ2) is 8.10. The number of carbonyl (C=O) groups excluding carboxylic acids is 2. The van der Waals surface area contributed by atoms with Crippen LogP contribution in [0.4, 0.5) is 16.2 Å². The van der Waals surface area contributed by atoms with E-state index in [2.05, 4.69) is 20.9 Å². The van der Waals surface area contributed by atoms with E-state index in [0.29, 0.717) is 23.8 Å². The number of aromatic nitrogens is 1. The molecule has 0 aliphatic heterocycles. The largest absolute Gasteiger partial charge is 0.334 e. The smallest absolute Gasteiger partial charge is 0.319 e. The number of carbonyl (C=O) groups is 2. The number of anilines is 2. The Morgan fingerprint density at radius 3 is 2.52 bits per heavy atom. The van der Waals surface area contributed by atoms with Gasteiger partial charge in [-0.3, -0.25) is 9.78 Å². The van der Waals surface area contributed by atoms with Gasteiger partial charge in [-0.25, -0.2) is 4.79 Å². The summed E-state index contributed by atoms with van der Waals surface area (Å²) in [5.74, 6) is 0.397. The van der Waals surface area contributed by atoms with Gasteiger partial charge in [-0.2, -0.15) is 0 Å². The van der Waals surface area contributed by atoms with Crippen LogP contribution in [0.1, 0.15) is 18.4 Å². The summed E-state index contributed by atoms with van der Waals surface area (Å²) in [7, 11) is 0. The summed E-state index contributed by atoms with van der Waals surface area (Å²) in [4.78, 5) is 27.7. The zero-order valence-electron chi connectivity index (χ0n) is 13.7. The zero-order chi connectivity index (χ0) is 17.5. The first-order valence-corrected chi connectivity index (χ1v) is 8.22. The number of allylic oxidation sites excluding steroid dienone is 1. The fourth-order valence-electron chi connectivity index (χ4n) is 2.23. The SMILES string of the molecule is O=C(/C=C/C1CC1)Nc1cccc(NC(=O)NCc2ccncc2)c1. The van der Waals surface area contributed by atoms with Gasteiger partial charge in [0.05, 0.1) is 0 Å². The molecule has 1 saturated carbocycles. The van der Waals surface area contributed by atoms with Gasteiger partial charge in [-0.1, -0.05) is 12.1 Å². The van der Waals surface area contributed by atoms with Crippen molar-refractivity contribution >= 4 is 23.3 Å². The molecule has 3 N–H and O–H groups in total. The highest BCUT2D eigenvalue weighted by atomic mass is 16.2. The average Bonchev–Trinajstić information content (AvgIpc) is 3.44. The van der Waals surface area contributed by atoms with Crippen molar-refractivity contribution in [2.75, 3.05) is 10.6 Å². The monoisotopic (exact) mass is 336 g/mol. The van der Waals surface area contributed by atoms with Crippen molar-refractivity contribution in [3.8, 4) is 0 Å². The average molecular weight is 336 g/mol. The van der Waals surface area contributed by atoms with Gasteiger partial charge in [0, 0.05) is 30.3 Å². The summed E-state index contributed by atoms with van der Waals surface area (Å²) < 4.78 is 0. The molecule has 1 fully saturated rings. The van der Waals surface area contributed by atoms with E-state index in [0.717, 1.165) is 18.4 Å². The van der Waals surface area contributed by atoms with Gasteiger partial charge in [0.2, 0.25) is 5.91 Å². The second-order valence-corrected chi connectivity index (χ2v) is 5.93. The third-order valence-electron chi connectivity index (χ3n) is 3.73. The molecule has 6 heteroatoms. The Labute approximate surface area is 146 Å². The maximum absolute atomic E-state index is 12.0. The van der Waals surface area contributed by atoms with E-state index < -0.39 is 0 Å². The molecule has 1 aliphatic carbocycles. The van der Waals surface area contributed by atoms with Crippen molar-refractivity contribution in [3.63, 3.8) is 0 Å². The fraction of sp³-hybridized carbons (Fsp3) is 0.211. The minimum Gasteiger partial charge on any atom is -0.334 e. The number of benzene rings is 1. The second-order valence-electron chi connectivity index (χ2n) is 5.93. The normalized spacial score (nSPS) is 13.4. The Morgan fingerprint density at radius 2 is 1.80 bits per heavy atom. The number of hydrogen-bond donors (Lipinski definition) is 3. The number of nitrogens with one attached hydrogen (secondary N) is 3. The Morgan fingerprint density at radius 1 is 1.08 bits per heavy atom. The molecule has 1 aromatic heterocycles. The number of urea groups is 1. The topological polar surface area (TPSA) is 83.1 Å². The Balaban J connectivity index is 1.50. The van der Waals surface area contributed by atoms with Crippen LogP contribution in [-0.2, 0) is 11.3 Å². The number of rotatable bonds is 6. The van der Waals surface area contributed by atoms with Crippen LogP contribution in [0.25, 0.3) is 0 Å². The first-order chi connectivity index (χ1) is 12.2. The summed E-state index contributed by atoms with van der Waals surface area (Å²) in [6.07, 6.45) is 9.19. The number of pyridine rings is 1. The van der Waals surface area contributed by atoms with Crippen LogP contribution in [-0.4, -0.2) is 16.9 Å². The molecule has 128 valence electrons. The third-order valence-corrected chi connectivity index (χ3v) is 3.73. The maximum Gasteiger partial charge on any atom is 0.319 e. The molecule has 0 atom stereocenters. The molecule has 1 heterocycles. The lowest BCUT2D eigenvalue weighted by molar-refractivity contribution is -0.111. The van der Waals surface area contributed by atoms with Crippen molar-refractivity contribution in [1.29, 1.82) is 0 Å². The molecular weight excluding hydrogens is 316 g/mol. The van der Waals surface area contributed by atoms with Gasteiger partial charge in [-0.15, -0.1) is 0 Å². The van der Waals surface area contributed by atoms with Crippen LogP contribution in [0, 0.1) is 5.92 Å². The molecule has 1 aliphatic rings. The summed E-state index contributed by atoms with van der Waals surface area (Å²) in [5, 5.41) is 8.31. The lowest BCUT2D eigenvalue weighted by atomic mass is 10.2. The Hall–Kier alpha value is -3.15. The van der Waals surface area contributed by atoms with Gasteiger partial charge in [0.25, 0.3) is 0 Å². The van der Waals surface area contributed by atoms with E-state index in [4.69, 9.17) is 0 Å². The molecular formula is C19H20N4O2. The highest BCUT2D eigenvalue weighted by molar-refractivity contribution is 6.00. The lowest BCUT2D eigenvalue weighted by Gasteiger charge is -2.09. The first-order valence-electron chi connectivity index (χ1n) is 8.22. The minimum atomic E-state index is -0.311. The molecule has 0 saturated heterocycles. The molecule has 0 radical (unpaired) electrons. The number of amides is 3. The third kappa shape index (κ3) is 5.76. The van der Waals surface area contributed by atoms with Crippen molar-refractivity contribution in [1.82, 2.24) is 10.3 Å². The zero-order valence-corrected chi connectivity index (χ0v) is 13.7. The van der Waals surface area contributed by atoms with Gasteiger partial charge in [0.1, 0.15) is 0 Å². The quantitative estimate of drug-likeness (QED) is 0.708. The van der Waals surface area contributed by atoms with E-state index in [1.165, 1.54) is 0 Å². The molecule has 6 nitrogen and oxygen atoms in total. The summed E-state index contributed by atoms with van der Waals surface area (Å²) in [6, 6.07) is 10.4. The van der Waals surface area contributed by atoms with Crippen LogP contribution >= 0.6 is 0 Å². The van der Waals surface area contributed by atoms with Gasteiger partial charge in [-0.05, 0) is 60.7 Å². The van der Waals surface area contributed by atoms with Crippen molar-refractivity contribution < 1.29 is 9.59 Å². The van der Waals surface area contributed by atoms with Crippen LogP contribution < -0.4 is 16.0 Å². The van der Waals surface area contributed by atoms with E-state index >= 15 is 0 Å². The maximum atomic E-state index is 12.0. The standard InChI is InChI=1S/C19H20N4O2/c24-18(7-6-14-4-5-14)22-16-2-1-3-17(12-16)23-19(25)21-13-15-8-10-20-11-9-15/h1-3,6-12,14H,4-5,13H2,(H,22,24)(H2,21,23,25)/b7-6+. The summed E-state index contributed by atoms with van der Waals surface area (Å²) in [5.41, 5.74) is 2.21. The lowest BCUT2D eigenvalue weighted by Crippen LogP contribution is -2.28. The number of hydrogen-bond acceptors (Lipinski definition) is 3. The highest BCUT2D eigenvalue weighted by Crippen LogP contribution is 2.29. The number of nitrogens with zero attached hydrogens (tertiary/aromatic N) is 1. The van der Waals surface area contributed by atoms with E-state index in [-0.39, 0.29) is 11.9 Å². The molecule has 0 spiro atoms. The summed E-state index contributed by atoms with van der Waals surface area (Å²) in [6.45, 7) is 0.413. The summed E-state index contributed by atoms with van der Waals surface area (Å²) >= 11 is 0. The molecule has 0 unspecified atom stereocenters. The van der Waals surface area contributed by atoms with E-state index in [1.54, 1.807) is 42.7 Å². The molecule has 0 bridgehead atoms. The van der Waals surface area contributed by atoms with E-state index in [9.17, 15) is 9.59 Å². The Bertz CT molecular complexity index is 770. The van der Waals surface area contributed by atoms with Crippen LogP contribution in [0.5, 0.6) is 0 Å². The van der Waals surface area contributed by atoms with Gasteiger partial charge in [0.15, 0.2) is 0 Å². The molecule has 2 aromatic rings. The first kappa shape index (κ1) is 16.7. The van der Waals surface area contributed by atoms with Crippen molar-refractivity contribution in [2.45, 2.75) is 19.4 Å². The van der Waals surface area contributed by atoms with Crippen molar-refractivity contribution in [3.05, 3.63) is 66.5 Å². The van der Waals surface area contributed by atoms with Gasteiger partial charge < -0.3 is 16.0 Å². The molecule has 25 heavy (non-hydrogen) atoms. The molecule has 3 rings (SSSR count). The molecule has 3 amide bonds. The predicted molar refractivity (Wildman–Crippen MR) is 97.0 cm³/mol. The predicted octanol–water partition coefficient (Wildman–Crippen LogP) is 3.31. The molecule has 1 aromatic carbocycles. The van der Waals surface area contributed by atoms with Gasteiger partial charge >= 0.3 is 6.03 Å². The Kier molecular flexibility index (Phi) is 5.41. The highest BCUT2D eigenvalue weighted by Gasteiger charge is 2.17. The van der Waals surface area contributed by atoms with Crippen molar-refractivity contribution in [2.24, 2.45) is 5.92 Å².